The Morgan fingerprint density at radius 3 is 2.78 bits per heavy atom. The molecular formula is C11H12Cl2O4S. The monoisotopic (exact) mass is 310 g/mol. The second kappa shape index (κ2) is 5.65. The molecule has 7 heteroatoms. The van der Waals surface area contributed by atoms with Crippen molar-refractivity contribution < 1.29 is 17.9 Å². The van der Waals surface area contributed by atoms with Crippen molar-refractivity contribution in [1.29, 1.82) is 0 Å². The molecule has 1 aliphatic rings. The van der Waals surface area contributed by atoms with E-state index >= 15 is 0 Å². The summed E-state index contributed by atoms with van der Waals surface area (Å²) in [6, 6.07) is 4.35. The van der Waals surface area contributed by atoms with E-state index in [2.05, 4.69) is 0 Å². The maximum Gasteiger partial charge on any atom is 0.265 e. The van der Waals surface area contributed by atoms with Crippen molar-refractivity contribution in [3.05, 3.63) is 23.2 Å². The number of halogens is 2. The lowest BCUT2D eigenvalue weighted by Gasteiger charge is -2.24. The molecule has 0 aliphatic carbocycles. The van der Waals surface area contributed by atoms with E-state index in [9.17, 15) is 8.42 Å². The number of benzene rings is 1. The fourth-order valence-corrected chi connectivity index (χ4v) is 2.98. The summed E-state index contributed by atoms with van der Waals surface area (Å²) < 4.78 is 33.8. The van der Waals surface area contributed by atoms with Crippen LogP contribution in [0.2, 0.25) is 5.02 Å². The van der Waals surface area contributed by atoms with Gasteiger partial charge in [-0.05, 0) is 31.0 Å². The Kier molecular flexibility index (Phi) is 4.37. The molecule has 1 aliphatic heterocycles. The lowest BCUT2D eigenvalue weighted by molar-refractivity contribution is 0.00622. The van der Waals surface area contributed by atoms with Gasteiger partial charge in [0.15, 0.2) is 0 Å². The van der Waals surface area contributed by atoms with Gasteiger partial charge in [0, 0.05) is 22.3 Å². The average Bonchev–Trinajstić information content (AvgIpc) is 2.31. The molecule has 1 atom stereocenters. The Morgan fingerprint density at radius 2 is 2.17 bits per heavy atom. The van der Waals surface area contributed by atoms with E-state index in [4.69, 9.17) is 31.8 Å². The molecule has 0 aromatic heterocycles. The third kappa shape index (κ3) is 3.51. The smallest absolute Gasteiger partial charge is 0.265 e. The SMILES string of the molecule is O=S(=O)(Cl)c1cc(Cl)ccc1OC1CCCOC1. The van der Waals surface area contributed by atoms with E-state index in [1.165, 1.54) is 12.1 Å². The number of hydrogen-bond donors (Lipinski definition) is 0. The van der Waals surface area contributed by atoms with E-state index in [1.807, 2.05) is 0 Å². The van der Waals surface area contributed by atoms with Crippen molar-refractivity contribution in [3.63, 3.8) is 0 Å². The number of rotatable bonds is 3. The van der Waals surface area contributed by atoms with Gasteiger partial charge in [-0.2, -0.15) is 0 Å². The van der Waals surface area contributed by atoms with Crippen molar-refractivity contribution >= 4 is 31.3 Å². The minimum atomic E-state index is -3.88. The Bertz CT molecular complexity index is 524. The van der Waals surface area contributed by atoms with Crippen LogP contribution in [0, 0.1) is 0 Å². The second-order valence-corrected chi connectivity index (χ2v) is 6.96. The quantitative estimate of drug-likeness (QED) is 0.806. The summed E-state index contributed by atoms with van der Waals surface area (Å²) >= 11 is 5.76. The van der Waals surface area contributed by atoms with Crippen LogP contribution in [0.5, 0.6) is 5.75 Å². The van der Waals surface area contributed by atoms with Crippen LogP contribution in [0.15, 0.2) is 23.1 Å². The molecule has 1 fully saturated rings. The normalized spacial score (nSPS) is 20.7. The standard InChI is InChI=1S/C11H12Cl2O4S/c12-8-3-4-10(11(6-8)18(13,14)15)17-9-2-1-5-16-7-9/h3-4,6,9H,1-2,5,7H2. The van der Waals surface area contributed by atoms with Crippen molar-refractivity contribution in [2.75, 3.05) is 13.2 Å². The highest BCUT2D eigenvalue weighted by Gasteiger charge is 2.22. The van der Waals surface area contributed by atoms with Crippen LogP contribution in [0.3, 0.4) is 0 Å². The van der Waals surface area contributed by atoms with Crippen LogP contribution in [-0.2, 0) is 13.8 Å². The Balaban J connectivity index is 2.26. The molecule has 0 N–H and O–H groups in total. The molecule has 2 rings (SSSR count). The fourth-order valence-electron chi connectivity index (χ4n) is 1.75. The molecule has 0 spiro atoms. The maximum absolute atomic E-state index is 11.4. The van der Waals surface area contributed by atoms with Crippen LogP contribution in [0.1, 0.15) is 12.8 Å². The summed E-state index contributed by atoms with van der Waals surface area (Å²) in [5.41, 5.74) is 0. The van der Waals surface area contributed by atoms with Crippen molar-refractivity contribution in [3.8, 4) is 5.75 Å². The van der Waals surface area contributed by atoms with Gasteiger partial charge in [0.2, 0.25) is 0 Å². The summed E-state index contributed by atoms with van der Waals surface area (Å²) in [7, 11) is 1.47. The predicted octanol–water partition coefficient (Wildman–Crippen LogP) is 2.83. The van der Waals surface area contributed by atoms with Gasteiger partial charge >= 0.3 is 0 Å². The summed E-state index contributed by atoms with van der Waals surface area (Å²) in [5, 5.41) is 0.293. The summed E-state index contributed by atoms with van der Waals surface area (Å²) in [4.78, 5) is -0.109. The largest absolute Gasteiger partial charge is 0.487 e. The molecule has 0 saturated carbocycles. The van der Waals surface area contributed by atoms with E-state index in [0.29, 0.717) is 18.2 Å². The first-order chi connectivity index (χ1) is 8.47. The van der Waals surface area contributed by atoms with Gasteiger partial charge in [0.25, 0.3) is 9.05 Å². The summed E-state index contributed by atoms with van der Waals surface area (Å²) in [6.45, 7) is 1.16. The van der Waals surface area contributed by atoms with Gasteiger partial charge in [-0.1, -0.05) is 11.6 Å². The molecule has 1 aromatic carbocycles. The van der Waals surface area contributed by atoms with E-state index in [0.717, 1.165) is 12.8 Å². The number of hydrogen-bond acceptors (Lipinski definition) is 4. The molecule has 1 unspecified atom stereocenters. The highest BCUT2D eigenvalue weighted by Crippen LogP contribution is 2.31. The lowest BCUT2D eigenvalue weighted by atomic mass is 10.2. The van der Waals surface area contributed by atoms with E-state index < -0.39 is 9.05 Å². The highest BCUT2D eigenvalue weighted by atomic mass is 35.7. The second-order valence-electron chi connectivity index (χ2n) is 3.99. The first kappa shape index (κ1) is 13.9. The van der Waals surface area contributed by atoms with Crippen LogP contribution < -0.4 is 4.74 Å². The summed E-state index contributed by atoms with van der Waals surface area (Å²) in [6.07, 6.45) is 1.56. The van der Waals surface area contributed by atoms with Gasteiger partial charge in [0.1, 0.15) is 16.7 Å². The Morgan fingerprint density at radius 1 is 1.39 bits per heavy atom. The predicted molar refractivity (Wildman–Crippen MR) is 69.0 cm³/mol. The molecule has 18 heavy (non-hydrogen) atoms. The van der Waals surface area contributed by atoms with E-state index in [-0.39, 0.29) is 16.7 Å². The van der Waals surface area contributed by atoms with Gasteiger partial charge < -0.3 is 9.47 Å². The van der Waals surface area contributed by atoms with Crippen molar-refractivity contribution in [2.45, 2.75) is 23.8 Å². The minimum Gasteiger partial charge on any atom is -0.487 e. The van der Waals surface area contributed by atoms with Gasteiger partial charge in [-0.3, -0.25) is 0 Å². The fraction of sp³-hybridized carbons (Fsp3) is 0.455. The zero-order chi connectivity index (χ0) is 13.2. The average molecular weight is 311 g/mol. The molecule has 4 nitrogen and oxygen atoms in total. The third-order valence-electron chi connectivity index (χ3n) is 2.58. The van der Waals surface area contributed by atoms with Gasteiger partial charge in [0.05, 0.1) is 6.61 Å². The molecular weight excluding hydrogens is 299 g/mol. The van der Waals surface area contributed by atoms with Crippen molar-refractivity contribution in [2.24, 2.45) is 0 Å². The minimum absolute atomic E-state index is 0.109. The van der Waals surface area contributed by atoms with Crippen LogP contribution in [-0.4, -0.2) is 27.7 Å². The third-order valence-corrected chi connectivity index (χ3v) is 4.16. The molecule has 0 radical (unpaired) electrons. The highest BCUT2D eigenvalue weighted by molar-refractivity contribution is 8.13. The molecule has 100 valence electrons. The zero-order valence-electron chi connectivity index (χ0n) is 9.43. The van der Waals surface area contributed by atoms with Crippen molar-refractivity contribution in [1.82, 2.24) is 0 Å². The van der Waals surface area contributed by atoms with Crippen LogP contribution in [0.25, 0.3) is 0 Å². The van der Waals surface area contributed by atoms with Crippen LogP contribution >= 0.6 is 22.3 Å². The molecule has 0 bridgehead atoms. The molecule has 1 saturated heterocycles. The van der Waals surface area contributed by atoms with E-state index in [1.54, 1.807) is 6.07 Å². The first-order valence-corrected chi connectivity index (χ1v) is 8.14. The maximum atomic E-state index is 11.4. The van der Waals surface area contributed by atoms with Crippen LogP contribution in [0.4, 0.5) is 0 Å². The Labute approximate surface area is 115 Å². The molecule has 0 amide bonds. The molecule has 1 heterocycles. The lowest BCUT2D eigenvalue weighted by Crippen LogP contribution is -2.28. The topological polar surface area (TPSA) is 52.6 Å². The first-order valence-electron chi connectivity index (χ1n) is 5.45. The molecule has 1 aromatic rings. The number of ether oxygens (including phenoxy) is 2. The van der Waals surface area contributed by atoms with Gasteiger partial charge in [-0.25, -0.2) is 8.42 Å². The Hall–Kier alpha value is -0.490. The zero-order valence-corrected chi connectivity index (χ0v) is 11.8. The van der Waals surface area contributed by atoms with Gasteiger partial charge in [-0.15, -0.1) is 0 Å². The summed E-state index contributed by atoms with van der Waals surface area (Å²) in [5.74, 6) is 0.213.